The highest BCUT2D eigenvalue weighted by molar-refractivity contribution is 5.95. The fourth-order valence-electron chi connectivity index (χ4n) is 10.2. The third-order valence-electron chi connectivity index (χ3n) is 12.2. The van der Waals surface area contributed by atoms with Gasteiger partial charge in [0, 0.05) is 5.92 Å². The van der Waals surface area contributed by atoms with Crippen molar-refractivity contribution in [3.8, 4) is 0 Å². The summed E-state index contributed by atoms with van der Waals surface area (Å²) in [4.78, 5) is 14.1. The number of carbonyl (C=O) groups excluding carboxylic acids is 1. The van der Waals surface area contributed by atoms with Gasteiger partial charge in [-0.1, -0.05) is 54.0 Å². The van der Waals surface area contributed by atoms with Gasteiger partial charge in [-0.3, -0.25) is 4.79 Å². The number of hydrogen-bond donors (Lipinski definition) is 1. The summed E-state index contributed by atoms with van der Waals surface area (Å²) in [6.07, 6.45) is 12.6. The summed E-state index contributed by atoms with van der Waals surface area (Å²) < 4.78 is 0. The highest BCUT2D eigenvalue weighted by Crippen LogP contribution is 2.73. The molecule has 8 atom stereocenters. The van der Waals surface area contributed by atoms with Crippen molar-refractivity contribution >= 4 is 5.78 Å². The van der Waals surface area contributed by atoms with E-state index < -0.39 is 0 Å². The molecular formula is C29H46O2. The Labute approximate surface area is 190 Å². The maximum atomic E-state index is 14.1. The highest BCUT2D eigenvalue weighted by atomic mass is 16.3. The number of hydrogen-bond acceptors (Lipinski definition) is 2. The zero-order valence-electron chi connectivity index (χ0n) is 21.2. The average molecular weight is 427 g/mol. The minimum atomic E-state index is -0.241. The molecule has 2 unspecified atom stereocenters. The minimum absolute atomic E-state index is 0.000533. The number of allylic oxidation sites excluding steroid dienone is 2. The topological polar surface area (TPSA) is 37.3 Å². The molecule has 0 saturated heterocycles. The SMILES string of the molecule is CC1(C)CC[C@@H]2CC[C@]3(C)C(=CC(=O)[C@@H]4[C@@]5(C)CCC(O)C(C)(C)C5CC[C@]43C)[C@H]2C1. The molecule has 0 spiro atoms. The monoisotopic (exact) mass is 426 g/mol. The van der Waals surface area contributed by atoms with Gasteiger partial charge in [0.05, 0.1) is 6.10 Å². The highest BCUT2D eigenvalue weighted by Gasteiger charge is 2.69. The molecule has 1 N–H and O–H groups in total. The minimum Gasteiger partial charge on any atom is -0.393 e. The van der Waals surface area contributed by atoms with E-state index >= 15 is 0 Å². The van der Waals surface area contributed by atoms with Crippen LogP contribution in [0.4, 0.5) is 0 Å². The molecule has 5 aliphatic rings. The van der Waals surface area contributed by atoms with Crippen molar-refractivity contribution in [3.63, 3.8) is 0 Å². The predicted octanol–water partition coefficient (Wildman–Crippen LogP) is 6.96. The van der Waals surface area contributed by atoms with Crippen LogP contribution in [-0.4, -0.2) is 17.0 Å². The van der Waals surface area contributed by atoms with E-state index in [4.69, 9.17) is 0 Å². The predicted molar refractivity (Wildman–Crippen MR) is 126 cm³/mol. The van der Waals surface area contributed by atoms with Crippen molar-refractivity contribution in [1.29, 1.82) is 0 Å². The lowest BCUT2D eigenvalue weighted by Crippen LogP contribution is -2.66. The second-order valence-electron chi connectivity index (χ2n) is 14.5. The zero-order chi connectivity index (χ0) is 22.6. The molecule has 0 aromatic heterocycles. The largest absolute Gasteiger partial charge is 0.393 e. The van der Waals surface area contributed by atoms with Gasteiger partial charge < -0.3 is 5.11 Å². The molecule has 4 saturated carbocycles. The van der Waals surface area contributed by atoms with E-state index in [1.54, 1.807) is 0 Å². The van der Waals surface area contributed by atoms with Crippen molar-refractivity contribution in [2.75, 3.05) is 0 Å². The molecule has 2 heteroatoms. The van der Waals surface area contributed by atoms with E-state index in [9.17, 15) is 9.90 Å². The Balaban J connectivity index is 1.61. The Hall–Kier alpha value is -0.630. The number of aliphatic hydroxyl groups excluding tert-OH is 1. The summed E-state index contributed by atoms with van der Waals surface area (Å²) in [6.45, 7) is 16.9. The Morgan fingerprint density at radius 3 is 2.26 bits per heavy atom. The Morgan fingerprint density at radius 2 is 1.55 bits per heavy atom. The maximum absolute atomic E-state index is 14.1. The van der Waals surface area contributed by atoms with E-state index in [-0.39, 0.29) is 33.7 Å². The van der Waals surface area contributed by atoms with Crippen LogP contribution in [0, 0.1) is 50.7 Å². The van der Waals surface area contributed by atoms with Gasteiger partial charge >= 0.3 is 0 Å². The second-order valence-corrected chi connectivity index (χ2v) is 14.5. The van der Waals surface area contributed by atoms with E-state index in [2.05, 4.69) is 54.5 Å². The zero-order valence-corrected chi connectivity index (χ0v) is 21.2. The number of ketones is 1. The second kappa shape index (κ2) is 6.49. The molecule has 0 aliphatic heterocycles. The molecular weight excluding hydrogens is 380 g/mol. The fraction of sp³-hybridized carbons (Fsp3) is 0.897. The van der Waals surface area contributed by atoms with E-state index in [0.29, 0.717) is 23.0 Å². The van der Waals surface area contributed by atoms with Crippen LogP contribution in [0.1, 0.15) is 106 Å². The van der Waals surface area contributed by atoms with Crippen molar-refractivity contribution in [2.45, 2.75) is 112 Å². The first kappa shape index (κ1) is 22.2. The van der Waals surface area contributed by atoms with Crippen molar-refractivity contribution in [2.24, 2.45) is 50.7 Å². The lowest BCUT2D eigenvalue weighted by atomic mass is 9.34. The van der Waals surface area contributed by atoms with Gasteiger partial charge in [0.1, 0.15) is 0 Å². The number of fused-ring (bicyclic) bond motifs is 7. The molecule has 0 aromatic rings. The molecule has 0 amide bonds. The van der Waals surface area contributed by atoms with Crippen molar-refractivity contribution in [3.05, 3.63) is 11.6 Å². The molecule has 0 heterocycles. The molecule has 4 fully saturated rings. The van der Waals surface area contributed by atoms with Crippen LogP contribution in [0.2, 0.25) is 0 Å². The van der Waals surface area contributed by atoms with Gasteiger partial charge in [0.25, 0.3) is 0 Å². The third kappa shape index (κ3) is 2.75. The summed E-state index contributed by atoms with van der Waals surface area (Å²) >= 11 is 0. The normalized spacial score (nSPS) is 52.8. The van der Waals surface area contributed by atoms with Crippen LogP contribution in [0.3, 0.4) is 0 Å². The van der Waals surface area contributed by atoms with Gasteiger partial charge in [-0.05, 0) is 109 Å². The van der Waals surface area contributed by atoms with E-state index in [1.807, 2.05) is 0 Å². The van der Waals surface area contributed by atoms with Gasteiger partial charge in [-0.15, -0.1) is 0 Å². The first-order chi connectivity index (χ1) is 14.3. The summed E-state index contributed by atoms with van der Waals surface area (Å²) in [5.41, 5.74) is 2.02. The summed E-state index contributed by atoms with van der Waals surface area (Å²) in [5, 5.41) is 10.8. The Bertz CT molecular complexity index is 821. The van der Waals surface area contributed by atoms with Crippen molar-refractivity contribution < 1.29 is 9.90 Å². The maximum Gasteiger partial charge on any atom is 0.159 e. The molecule has 31 heavy (non-hydrogen) atoms. The van der Waals surface area contributed by atoms with Crippen molar-refractivity contribution in [1.82, 2.24) is 0 Å². The van der Waals surface area contributed by atoms with Crippen LogP contribution in [-0.2, 0) is 4.79 Å². The lowest BCUT2D eigenvalue weighted by molar-refractivity contribution is -0.200. The molecule has 0 aromatic carbocycles. The quantitative estimate of drug-likeness (QED) is 0.454. The Morgan fingerprint density at radius 1 is 0.871 bits per heavy atom. The van der Waals surface area contributed by atoms with Gasteiger partial charge in [-0.25, -0.2) is 0 Å². The Kier molecular flexibility index (Phi) is 4.64. The smallest absolute Gasteiger partial charge is 0.159 e. The van der Waals surface area contributed by atoms with Crippen LogP contribution < -0.4 is 0 Å². The number of rotatable bonds is 0. The fourth-order valence-corrected chi connectivity index (χ4v) is 10.2. The first-order valence-electron chi connectivity index (χ1n) is 13.2. The van der Waals surface area contributed by atoms with Crippen LogP contribution in [0.5, 0.6) is 0 Å². The number of carbonyl (C=O) groups is 1. The molecule has 2 nitrogen and oxygen atoms in total. The summed E-state index contributed by atoms with van der Waals surface area (Å²) in [6, 6.07) is 0. The van der Waals surface area contributed by atoms with Gasteiger partial charge in [0.2, 0.25) is 0 Å². The first-order valence-corrected chi connectivity index (χ1v) is 13.2. The van der Waals surface area contributed by atoms with Crippen LogP contribution >= 0.6 is 0 Å². The van der Waals surface area contributed by atoms with Gasteiger partial charge in [0.15, 0.2) is 5.78 Å². The lowest BCUT2D eigenvalue weighted by Gasteiger charge is -2.69. The standard InChI is InChI=1S/C29H46O2/c1-25(2)12-8-18-9-14-28(6)20(19(18)17-25)16-21(30)24-27(5)13-11-23(31)26(3,4)22(27)10-15-29(24,28)7/h16,18-19,22-24,31H,8-15,17H2,1-7H3/t18-,19+,22?,23?,24-,27+,28-,29-/m1/s1. The molecule has 5 aliphatic carbocycles. The number of aliphatic hydroxyl groups is 1. The van der Waals surface area contributed by atoms with Crippen LogP contribution in [0.15, 0.2) is 11.6 Å². The third-order valence-corrected chi connectivity index (χ3v) is 12.2. The van der Waals surface area contributed by atoms with E-state index in [0.717, 1.165) is 31.6 Å². The molecule has 0 radical (unpaired) electrons. The van der Waals surface area contributed by atoms with E-state index in [1.165, 1.54) is 37.7 Å². The molecule has 0 bridgehead atoms. The summed E-state index contributed by atoms with van der Waals surface area (Å²) in [7, 11) is 0. The van der Waals surface area contributed by atoms with Gasteiger partial charge in [-0.2, -0.15) is 0 Å². The molecule has 5 rings (SSSR count). The average Bonchev–Trinajstić information content (AvgIpc) is 2.66. The van der Waals surface area contributed by atoms with Crippen LogP contribution in [0.25, 0.3) is 0 Å². The summed E-state index contributed by atoms with van der Waals surface area (Å²) in [5.74, 6) is 2.36. The molecule has 174 valence electrons.